The van der Waals surface area contributed by atoms with E-state index in [4.69, 9.17) is 4.42 Å². The molecule has 8 aromatic carbocycles. The fourth-order valence-corrected chi connectivity index (χ4v) is 19.4. The summed E-state index contributed by atoms with van der Waals surface area (Å²) in [6, 6.07) is 57.5. The van der Waals surface area contributed by atoms with Gasteiger partial charge < -0.3 is 8.90 Å². The highest BCUT2D eigenvalue weighted by molar-refractivity contribution is 6.92. The number of nitrogens with zero attached hydrogens (tertiary/aromatic N) is 2. The molecular weight excluding hydrogens is 896 g/mol. The molecule has 74 heavy (non-hydrogen) atoms. The lowest BCUT2D eigenvalue weighted by molar-refractivity contribution is -0.00527. The van der Waals surface area contributed by atoms with Crippen LogP contribution in [0.2, 0.25) is 0 Å². The van der Waals surface area contributed by atoms with Gasteiger partial charge in [0.15, 0.2) is 0 Å². The van der Waals surface area contributed by atoms with Crippen LogP contribution in [0.4, 0.5) is 17.3 Å². The summed E-state index contributed by atoms with van der Waals surface area (Å²) in [4.78, 5) is 2.57. The van der Waals surface area contributed by atoms with Crippen LogP contribution in [-0.2, 0) is 16.2 Å². The Morgan fingerprint density at radius 3 is 1.80 bits per heavy atom. The Morgan fingerprint density at radius 1 is 0.486 bits per heavy atom. The monoisotopic (exact) mass is 959 g/mol. The fraction of sp³-hybridized carbons (Fsp3) is 0.343. The molecule has 3 nitrogen and oxygen atoms in total. The zero-order chi connectivity index (χ0) is 48.6. The lowest BCUT2D eigenvalue weighted by Gasteiger charge is -2.57. The second-order valence-electron chi connectivity index (χ2n) is 26.9. The molecule has 0 unspecified atom stereocenters. The Kier molecular flexibility index (Phi) is 8.04. The van der Waals surface area contributed by atoms with Crippen LogP contribution < -0.4 is 15.8 Å². The maximum absolute atomic E-state index is 7.72. The Hall–Kier alpha value is -6.52. The number of fused-ring (bicyclic) bond motifs is 13. The molecule has 0 spiro atoms. The van der Waals surface area contributed by atoms with E-state index in [-0.39, 0.29) is 17.7 Å². The number of benzene rings is 8. The molecule has 8 saturated carbocycles. The second kappa shape index (κ2) is 14.2. The first-order chi connectivity index (χ1) is 36.1. The third-order valence-electron chi connectivity index (χ3n) is 21.6. The minimum Gasteiger partial charge on any atom is -0.440 e. The molecule has 4 heteroatoms. The molecule has 8 aliphatic carbocycles. The van der Waals surface area contributed by atoms with E-state index in [1.165, 1.54) is 170 Å². The topological polar surface area (TPSA) is 21.3 Å². The van der Waals surface area contributed by atoms with Crippen molar-refractivity contribution in [2.24, 2.45) is 35.5 Å². The van der Waals surface area contributed by atoms with E-state index in [9.17, 15) is 0 Å². The minimum atomic E-state index is -0.115. The maximum atomic E-state index is 7.72. The first kappa shape index (κ1) is 41.8. The summed E-state index contributed by atoms with van der Waals surface area (Å²) in [7, 11) is 0. The summed E-state index contributed by atoms with van der Waals surface area (Å²) >= 11 is 0. The molecule has 0 amide bonds. The number of furan rings is 1. The predicted octanol–water partition coefficient (Wildman–Crippen LogP) is 17.2. The lowest BCUT2D eigenvalue weighted by Crippen LogP contribution is -2.56. The molecule has 0 N–H and O–H groups in total. The van der Waals surface area contributed by atoms with E-state index in [2.05, 4.69) is 176 Å². The molecule has 362 valence electrons. The van der Waals surface area contributed by atoms with Crippen molar-refractivity contribution in [2.75, 3.05) is 4.90 Å². The number of hydrogen-bond acceptors (Lipinski definition) is 2. The minimum absolute atomic E-state index is 0.0326. The first-order valence-electron chi connectivity index (χ1n) is 28.8. The molecule has 2 aromatic heterocycles. The summed E-state index contributed by atoms with van der Waals surface area (Å²) in [6.07, 6.45) is 17.0. The Morgan fingerprint density at radius 2 is 1.11 bits per heavy atom. The average Bonchev–Trinajstić information content (AvgIpc) is 4.13. The van der Waals surface area contributed by atoms with E-state index in [0.29, 0.717) is 5.41 Å². The molecule has 10 aliphatic rings. The van der Waals surface area contributed by atoms with Gasteiger partial charge in [0.1, 0.15) is 5.58 Å². The molecule has 8 fully saturated rings. The van der Waals surface area contributed by atoms with Crippen LogP contribution in [0.5, 0.6) is 0 Å². The molecule has 0 radical (unpaired) electrons. The molecule has 10 aromatic rings. The molecule has 0 atom stereocenters. The maximum Gasteiger partial charge on any atom is 0.337 e. The number of hydrogen-bond donors (Lipinski definition) is 0. The summed E-state index contributed by atoms with van der Waals surface area (Å²) < 4.78 is 10.6. The van der Waals surface area contributed by atoms with E-state index < -0.39 is 0 Å². The normalized spacial score (nSPS) is 27.9. The Bertz CT molecular complexity index is 4040. The van der Waals surface area contributed by atoms with E-state index >= 15 is 0 Å². The summed E-state index contributed by atoms with van der Waals surface area (Å²) in [5.74, 6) is 6.24. The van der Waals surface area contributed by atoms with E-state index in [0.717, 1.165) is 52.7 Å². The molecule has 8 bridgehead atoms. The van der Waals surface area contributed by atoms with Crippen LogP contribution in [0.15, 0.2) is 150 Å². The second-order valence-corrected chi connectivity index (χ2v) is 26.9. The fourth-order valence-electron chi connectivity index (χ4n) is 19.4. The molecule has 4 heterocycles. The van der Waals surface area contributed by atoms with Crippen LogP contribution in [-0.4, -0.2) is 11.3 Å². The van der Waals surface area contributed by atoms with Crippen LogP contribution >= 0.6 is 0 Å². The van der Waals surface area contributed by atoms with Crippen LogP contribution in [0.1, 0.15) is 115 Å². The smallest absolute Gasteiger partial charge is 0.337 e. The largest absolute Gasteiger partial charge is 0.440 e. The zero-order valence-corrected chi connectivity index (χ0v) is 43.2. The third-order valence-corrected chi connectivity index (χ3v) is 21.6. The van der Waals surface area contributed by atoms with Gasteiger partial charge in [0.05, 0.1) is 5.69 Å². The van der Waals surface area contributed by atoms with Crippen molar-refractivity contribution in [3.8, 4) is 22.3 Å². The number of anilines is 3. The van der Waals surface area contributed by atoms with Gasteiger partial charge in [-0.2, -0.15) is 0 Å². The summed E-state index contributed by atoms with van der Waals surface area (Å²) in [5, 5.41) is 9.19. The molecule has 2 aliphatic heterocycles. The lowest BCUT2D eigenvalue weighted by atomic mass is 9.44. The molecule has 0 saturated heterocycles. The predicted molar refractivity (Wildman–Crippen MR) is 309 cm³/mol. The van der Waals surface area contributed by atoms with Gasteiger partial charge in [-0.25, -0.2) is 0 Å². The van der Waals surface area contributed by atoms with Gasteiger partial charge in [-0.15, -0.1) is 0 Å². The standard InChI is InChI=1S/C70H63BN2O/c1-68(2,3)49-18-21-59(55(30-49)46-11-5-4-6-12-46)72-61-29-48-14-8-9-15-52(48)62-58-33-51(70-37-43-26-44(38-70)28-45(27-43)39-70)32-57-56-31-50(69-34-40-23-41(35-69)25-42(24-40)36-69)19-22-60(56)73(65(57)58)71(64(61)62)63-54-20-17-47-13-7-10-16-53(47)66(54)74-67(63)72/h4-22,29-33,40-45H,23-28,34-39H2,1-3H3. The zero-order valence-electron chi connectivity index (χ0n) is 43.2. The molecular formula is C70H63BN2O. The van der Waals surface area contributed by atoms with Crippen molar-refractivity contribution >= 4 is 89.4 Å². The van der Waals surface area contributed by atoms with Gasteiger partial charge in [0, 0.05) is 54.9 Å². The van der Waals surface area contributed by atoms with Crippen molar-refractivity contribution in [3.63, 3.8) is 0 Å². The highest BCUT2D eigenvalue weighted by Gasteiger charge is 2.55. The number of aromatic nitrogens is 1. The Balaban J connectivity index is 0.990. The van der Waals surface area contributed by atoms with Crippen molar-refractivity contribution in [2.45, 2.75) is 114 Å². The van der Waals surface area contributed by atoms with Crippen molar-refractivity contribution in [1.29, 1.82) is 0 Å². The average molecular weight is 959 g/mol. The van der Waals surface area contributed by atoms with Gasteiger partial charge in [-0.3, -0.25) is 4.90 Å². The van der Waals surface area contributed by atoms with Gasteiger partial charge in [0.25, 0.3) is 0 Å². The van der Waals surface area contributed by atoms with Crippen LogP contribution in [0.25, 0.3) is 76.6 Å². The third kappa shape index (κ3) is 5.50. The summed E-state index contributed by atoms with van der Waals surface area (Å²) in [6.45, 7) is 6.91. The first-order valence-corrected chi connectivity index (χ1v) is 28.8. The summed E-state index contributed by atoms with van der Waals surface area (Å²) in [5.41, 5.74) is 19.3. The van der Waals surface area contributed by atoms with Gasteiger partial charge in [-0.1, -0.05) is 124 Å². The highest BCUT2D eigenvalue weighted by Crippen LogP contribution is 2.64. The van der Waals surface area contributed by atoms with Gasteiger partial charge in [-0.05, 0) is 221 Å². The quantitative estimate of drug-likeness (QED) is 0.164. The SMILES string of the molecule is CC(C)(C)c1ccc(N2c3cc4ccccc4c4c3B(c3c2oc2c3ccc3ccccc32)n2c3ccc(C56CC7CC(CC(C7)C5)C6)cc3c3cc(C56CC7CC(CC(C7)C5)C6)cc-4c32)c(-c2ccccc2)c1. The van der Waals surface area contributed by atoms with Crippen LogP contribution in [0, 0.1) is 35.5 Å². The van der Waals surface area contributed by atoms with E-state index in [1.54, 1.807) is 11.1 Å². The van der Waals surface area contributed by atoms with Crippen molar-refractivity contribution < 1.29 is 4.42 Å². The van der Waals surface area contributed by atoms with Gasteiger partial charge in [0.2, 0.25) is 5.88 Å². The Labute approximate surface area is 435 Å². The number of rotatable bonds is 4. The van der Waals surface area contributed by atoms with E-state index in [1.807, 2.05) is 0 Å². The van der Waals surface area contributed by atoms with Gasteiger partial charge >= 0.3 is 6.85 Å². The van der Waals surface area contributed by atoms with Crippen LogP contribution in [0.3, 0.4) is 0 Å². The van der Waals surface area contributed by atoms with Crippen molar-refractivity contribution in [1.82, 2.24) is 4.48 Å². The highest BCUT2D eigenvalue weighted by atomic mass is 16.4. The molecule has 20 rings (SSSR count). The van der Waals surface area contributed by atoms with Crippen molar-refractivity contribution in [3.05, 3.63) is 162 Å².